The topological polar surface area (TPSA) is 84.2 Å². The summed E-state index contributed by atoms with van der Waals surface area (Å²) in [4.78, 5) is 22.8. The van der Waals surface area contributed by atoms with Gasteiger partial charge in [0.2, 0.25) is 0 Å². The van der Waals surface area contributed by atoms with Gasteiger partial charge in [0, 0.05) is 18.0 Å². The van der Waals surface area contributed by atoms with E-state index in [1.165, 1.54) is 24.3 Å². The molecule has 0 radical (unpaired) electrons. The standard InChI is InChI=1S/C16H15ClF3N3O3/c1-9(6-13(24)25)7-21-15(26)12-8-22-23(14(12)16(18,19)20)11-4-2-10(17)3-5-11/h2-5,8-9H,6-7H2,1H3,(H,21,26)(H,24,25). The minimum atomic E-state index is -4.82. The van der Waals surface area contributed by atoms with Crippen LogP contribution in [-0.4, -0.2) is 33.3 Å². The van der Waals surface area contributed by atoms with Crippen molar-refractivity contribution in [3.63, 3.8) is 0 Å². The molecule has 0 spiro atoms. The normalized spacial score (nSPS) is 12.7. The van der Waals surface area contributed by atoms with Crippen LogP contribution in [-0.2, 0) is 11.0 Å². The van der Waals surface area contributed by atoms with Crippen LogP contribution in [0.5, 0.6) is 0 Å². The molecule has 0 aliphatic rings. The smallest absolute Gasteiger partial charge is 0.434 e. The molecule has 0 saturated heterocycles. The largest absolute Gasteiger partial charge is 0.481 e. The van der Waals surface area contributed by atoms with Gasteiger partial charge in [0.05, 0.1) is 17.4 Å². The molecule has 26 heavy (non-hydrogen) atoms. The molecule has 0 aliphatic carbocycles. The number of carbonyl (C=O) groups excluding carboxylic acids is 1. The van der Waals surface area contributed by atoms with Crippen molar-refractivity contribution in [2.75, 3.05) is 6.54 Å². The Balaban J connectivity index is 2.30. The summed E-state index contributed by atoms with van der Waals surface area (Å²) in [6, 6.07) is 5.51. The third kappa shape index (κ3) is 4.75. The minimum Gasteiger partial charge on any atom is -0.481 e. The summed E-state index contributed by atoms with van der Waals surface area (Å²) in [6.45, 7) is 1.49. The van der Waals surface area contributed by atoms with Crippen molar-refractivity contribution in [2.24, 2.45) is 5.92 Å². The van der Waals surface area contributed by atoms with E-state index in [2.05, 4.69) is 10.4 Å². The van der Waals surface area contributed by atoms with Crippen LogP contribution < -0.4 is 5.32 Å². The van der Waals surface area contributed by atoms with Crippen molar-refractivity contribution >= 4 is 23.5 Å². The van der Waals surface area contributed by atoms with Crippen LogP contribution in [0.2, 0.25) is 5.02 Å². The zero-order chi connectivity index (χ0) is 19.5. The van der Waals surface area contributed by atoms with Gasteiger partial charge in [-0.2, -0.15) is 18.3 Å². The van der Waals surface area contributed by atoms with E-state index in [4.69, 9.17) is 16.7 Å². The number of benzene rings is 1. The fraction of sp³-hybridized carbons (Fsp3) is 0.312. The highest BCUT2D eigenvalue weighted by Gasteiger charge is 2.40. The fourth-order valence-electron chi connectivity index (χ4n) is 2.30. The molecule has 0 saturated carbocycles. The Morgan fingerprint density at radius 2 is 1.92 bits per heavy atom. The van der Waals surface area contributed by atoms with Gasteiger partial charge in [0.15, 0.2) is 5.69 Å². The van der Waals surface area contributed by atoms with Crippen molar-refractivity contribution in [1.82, 2.24) is 15.1 Å². The fourth-order valence-corrected chi connectivity index (χ4v) is 2.42. The van der Waals surface area contributed by atoms with E-state index < -0.39 is 35.2 Å². The van der Waals surface area contributed by atoms with Crippen LogP contribution in [0.3, 0.4) is 0 Å². The molecule has 1 atom stereocenters. The molecule has 10 heteroatoms. The Labute approximate surface area is 151 Å². The summed E-state index contributed by atoms with van der Waals surface area (Å²) < 4.78 is 41.1. The Kier molecular flexibility index (Phi) is 5.91. The van der Waals surface area contributed by atoms with Crippen LogP contribution in [0.15, 0.2) is 30.5 Å². The zero-order valence-electron chi connectivity index (χ0n) is 13.5. The quantitative estimate of drug-likeness (QED) is 0.793. The predicted molar refractivity (Wildman–Crippen MR) is 87.3 cm³/mol. The molecule has 1 unspecified atom stereocenters. The van der Waals surface area contributed by atoms with E-state index in [1.807, 2.05) is 0 Å². The molecule has 1 aromatic carbocycles. The number of nitrogens with one attached hydrogen (secondary N) is 1. The van der Waals surface area contributed by atoms with Crippen LogP contribution >= 0.6 is 11.6 Å². The van der Waals surface area contributed by atoms with E-state index in [1.54, 1.807) is 6.92 Å². The average molecular weight is 390 g/mol. The van der Waals surface area contributed by atoms with Gasteiger partial charge in [0.25, 0.3) is 5.91 Å². The molecule has 0 fully saturated rings. The number of carbonyl (C=O) groups is 2. The molecule has 0 aliphatic heterocycles. The lowest BCUT2D eigenvalue weighted by Gasteiger charge is -2.14. The van der Waals surface area contributed by atoms with Crippen molar-refractivity contribution in [3.05, 3.63) is 46.7 Å². The molecular formula is C16H15ClF3N3O3. The Morgan fingerprint density at radius 3 is 2.46 bits per heavy atom. The second kappa shape index (κ2) is 7.77. The molecule has 2 N–H and O–H groups in total. The Bertz CT molecular complexity index is 803. The highest BCUT2D eigenvalue weighted by atomic mass is 35.5. The van der Waals surface area contributed by atoms with Gasteiger partial charge >= 0.3 is 12.1 Å². The van der Waals surface area contributed by atoms with E-state index in [-0.39, 0.29) is 18.7 Å². The summed E-state index contributed by atoms with van der Waals surface area (Å²) in [5, 5.41) is 15.0. The number of alkyl halides is 3. The maximum Gasteiger partial charge on any atom is 0.434 e. The van der Waals surface area contributed by atoms with Crippen molar-refractivity contribution in [3.8, 4) is 5.69 Å². The van der Waals surface area contributed by atoms with Crippen molar-refractivity contribution < 1.29 is 27.9 Å². The molecule has 1 amide bonds. The molecule has 1 aromatic heterocycles. The number of aromatic nitrogens is 2. The third-order valence-electron chi connectivity index (χ3n) is 3.49. The summed E-state index contributed by atoms with van der Waals surface area (Å²) in [5.41, 5.74) is -1.77. The number of carboxylic acids is 1. The monoisotopic (exact) mass is 389 g/mol. The van der Waals surface area contributed by atoms with Gasteiger partial charge in [-0.1, -0.05) is 18.5 Å². The maximum absolute atomic E-state index is 13.5. The number of rotatable bonds is 6. The Morgan fingerprint density at radius 1 is 1.31 bits per heavy atom. The molecule has 1 heterocycles. The SMILES string of the molecule is CC(CNC(=O)c1cnn(-c2ccc(Cl)cc2)c1C(F)(F)F)CC(=O)O. The summed E-state index contributed by atoms with van der Waals surface area (Å²) >= 11 is 5.73. The molecule has 140 valence electrons. The van der Waals surface area contributed by atoms with Gasteiger partial charge in [-0.05, 0) is 30.2 Å². The first-order valence-electron chi connectivity index (χ1n) is 7.50. The Hall–Kier alpha value is -2.55. The van der Waals surface area contributed by atoms with E-state index >= 15 is 0 Å². The second-order valence-corrected chi connectivity index (χ2v) is 6.14. The molecule has 0 bridgehead atoms. The number of nitrogens with zero attached hydrogens (tertiary/aromatic N) is 2. The summed E-state index contributed by atoms with van der Waals surface area (Å²) in [5.74, 6) is -2.47. The van der Waals surface area contributed by atoms with Gasteiger partial charge in [-0.15, -0.1) is 0 Å². The molecule has 2 aromatic rings. The third-order valence-corrected chi connectivity index (χ3v) is 3.74. The van der Waals surface area contributed by atoms with Gasteiger partial charge in [0.1, 0.15) is 0 Å². The van der Waals surface area contributed by atoms with Crippen LogP contribution in [0.4, 0.5) is 13.2 Å². The first kappa shape index (κ1) is 19.8. The lowest BCUT2D eigenvalue weighted by Crippen LogP contribution is -2.31. The molecule has 6 nitrogen and oxygen atoms in total. The van der Waals surface area contributed by atoms with Crippen LogP contribution in [0.25, 0.3) is 5.69 Å². The van der Waals surface area contributed by atoms with Gasteiger partial charge < -0.3 is 10.4 Å². The first-order valence-corrected chi connectivity index (χ1v) is 7.88. The minimum absolute atomic E-state index is 0.0748. The van der Waals surface area contributed by atoms with Crippen LogP contribution in [0, 0.1) is 5.92 Å². The van der Waals surface area contributed by atoms with E-state index in [0.717, 1.165) is 6.20 Å². The van der Waals surface area contributed by atoms with Crippen molar-refractivity contribution in [1.29, 1.82) is 0 Å². The maximum atomic E-state index is 13.5. The second-order valence-electron chi connectivity index (χ2n) is 5.71. The molecule has 2 rings (SSSR count). The first-order chi connectivity index (χ1) is 12.1. The van der Waals surface area contributed by atoms with Gasteiger partial charge in [-0.25, -0.2) is 4.68 Å². The number of aliphatic carboxylic acids is 1. The number of amides is 1. The summed E-state index contributed by atoms with van der Waals surface area (Å²) in [7, 11) is 0. The average Bonchev–Trinajstić information content (AvgIpc) is 2.98. The number of hydrogen-bond acceptors (Lipinski definition) is 3. The number of carboxylic acid groups (broad SMARTS) is 1. The molecular weight excluding hydrogens is 375 g/mol. The summed E-state index contributed by atoms with van der Waals surface area (Å²) in [6.07, 6.45) is -4.21. The van der Waals surface area contributed by atoms with Gasteiger partial charge in [-0.3, -0.25) is 9.59 Å². The zero-order valence-corrected chi connectivity index (χ0v) is 14.3. The van der Waals surface area contributed by atoms with E-state index in [0.29, 0.717) is 9.70 Å². The van der Waals surface area contributed by atoms with Crippen molar-refractivity contribution in [2.45, 2.75) is 19.5 Å². The lowest BCUT2D eigenvalue weighted by atomic mass is 10.1. The van der Waals surface area contributed by atoms with E-state index in [9.17, 15) is 22.8 Å². The van der Waals surface area contributed by atoms with Crippen LogP contribution in [0.1, 0.15) is 29.4 Å². The highest BCUT2D eigenvalue weighted by molar-refractivity contribution is 6.30. The lowest BCUT2D eigenvalue weighted by molar-refractivity contribution is -0.143. The number of hydrogen-bond donors (Lipinski definition) is 2. The predicted octanol–water partition coefficient (Wildman–Crippen LogP) is 3.39. The number of halogens is 4. The highest BCUT2D eigenvalue weighted by Crippen LogP contribution is 2.33.